The van der Waals surface area contributed by atoms with Crippen molar-refractivity contribution in [2.45, 2.75) is 17.3 Å². The van der Waals surface area contributed by atoms with Crippen LogP contribution in [0.4, 0.5) is 10.8 Å². The number of benzene rings is 1. The van der Waals surface area contributed by atoms with E-state index in [1.807, 2.05) is 6.26 Å². The van der Waals surface area contributed by atoms with Crippen LogP contribution in [0.1, 0.15) is 6.92 Å². The second-order valence-electron chi connectivity index (χ2n) is 4.93. The fourth-order valence-corrected chi connectivity index (χ4v) is 4.87. The summed E-state index contributed by atoms with van der Waals surface area (Å²) in [5.74, 6) is -0.551. The molecule has 0 aliphatic heterocycles. The highest BCUT2D eigenvalue weighted by molar-refractivity contribution is 8.00. The highest BCUT2D eigenvalue weighted by Crippen LogP contribution is 2.29. The average Bonchev–Trinajstić information content (AvgIpc) is 2.92. The summed E-state index contributed by atoms with van der Waals surface area (Å²) in [7, 11) is -3.77. The van der Waals surface area contributed by atoms with E-state index in [4.69, 9.17) is 23.2 Å². The number of nitrogens with one attached hydrogen (secondary N) is 1. The Bertz CT molecular complexity index is 868. The Morgan fingerprint density at radius 1 is 1.28 bits per heavy atom. The molecule has 0 spiro atoms. The number of anilines is 2. The van der Waals surface area contributed by atoms with Crippen molar-refractivity contribution in [3.8, 4) is 0 Å². The van der Waals surface area contributed by atoms with Crippen LogP contribution in [0, 0.1) is 0 Å². The molecule has 0 radical (unpaired) electrons. The van der Waals surface area contributed by atoms with E-state index < -0.39 is 22.0 Å². The van der Waals surface area contributed by atoms with Crippen LogP contribution in [0.3, 0.4) is 0 Å². The number of nitrogens with zero attached hydrogens (tertiary/aromatic N) is 3. The lowest BCUT2D eigenvalue weighted by Crippen LogP contribution is -2.45. The lowest BCUT2D eigenvalue weighted by Gasteiger charge is -2.28. The standard InChI is InChI=1S/C13H14Cl2N4O3S3/c1-7(11(20)16-12-17-18-13(23-2)24-12)19(25(3,21)22)10-5-8(14)4-9(15)6-10/h4-7H,1-3H3,(H,16,17,20)/t7-/m0/s1. The quantitative estimate of drug-likeness (QED) is 0.546. The Morgan fingerprint density at radius 3 is 2.36 bits per heavy atom. The minimum absolute atomic E-state index is 0.199. The van der Waals surface area contributed by atoms with E-state index in [9.17, 15) is 13.2 Å². The monoisotopic (exact) mass is 440 g/mol. The second-order valence-corrected chi connectivity index (χ2v) is 9.69. The van der Waals surface area contributed by atoms with Crippen molar-refractivity contribution in [2.24, 2.45) is 0 Å². The van der Waals surface area contributed by atoms with E-state index in [2.05, 4.69) is 15.5 Å². The minimum Gasteiger partial charge on any atom is -0.299 e. The first kappa shape index (κ1) is 20.2. The van der Waals surface area contributed by atoms with Gasteiger partial charge in [-0.2, -0.15) is 0 Å². The Kier molecular flexibility index (Phi) is 6.55. The van der Waals surface area contributed by atoms with Gasteiger partial charge in [-0.05, 0) is 31.4 Å². The molecule has 0 aliphatic carbocycles. The van der Waals surface area contributed by atoms with Crippen molar-refractivity contribution in [1.29, 1.82) is 0 Å². The molecule has 2 aromatic rings. The highest BCUT2D eigenvalue weighted by Gasteiger charge is 2.30. The molecule has 0 unspecified atom stereocenters. The fourth-order valence-electron chi connectivity index (χ4n) is 2.03. The lowest BCUT2D eigenvalue weighted by atomic mass is 10.2. The van der Waals surface area contributed by atoms with Crippen molar-refractivity contribution < 1.29 is 13.2 Å². The topological polar surface area (TPSA) is 92.3 Å². The fraction of sp³-hybridized carbons (Fsp3) is 0.308. The number of rotatable bonds is 6. The highest BCUT2D eigenvalue weighted by atomic mass is 35.5. The van der Waals surface area contributed by atoms with Crippen LogP contribution in [0.25, 0.3) is 0 Å². The van der Waals surface area contributed by atoms with E-state index in [0.717, 1.165) is 10.6 Å². The van der Waals surface area contributed by atoms with E-state index >= 15 is 0 Å². The van der Waals surface area contributed by atoms with Gasteiger partial charge in [0.1, 0.15) is 6.04 Å². The maximum absolute atomic E-state index is 12.5. The number of carbonyl (C=O) groups is 1. The van der Waals surface area contributed by atoms with Gasteiger partial charge in [0.15, 0.2) is 4.34 Å². The summed E-state index contributed by atoms with van der Waals surface area (Å²) in [6.45, 7) is 1.46. The van der Waals surface area contributed by atoms with Gasteiger partial charge in [-0.25, -0.2) is 8.42 Å². The zero-order valence-corrected chi connectivity index (χ0v) is 17.3. The molecule has 1 heterocycles. The normalized spacial score (nSPS) is 12.7. The molecule has 1 amide bonds. The summed E-state index contributed by atoms with van der Waals surface area (Å²) in [5, 5.41) is 11.1. The van der Waals surface area contributed by atoms with E-state index in [1.165, 1.54) is 48.2 Å². The van der Waals surface area contributed by atoms with Crippen molar-refractivity contribution in [3.63, 3.8) is 0 Å². The molecule has 2 rings (SSSR count). The Labute approximate surface area is 163 Å². The molecule has 0 bridgehead atoms. The SMILES string of the molecule is CSc1nnc(NC(=O)[C@H](C)N(c2cc(Cl)cc(Cl)c2)S(C)(=O)=O)s1. The van der Waals surface area contributed by atoms with Gasteiger partial charge in [0.05, 0.1) is 11.9 Å². The average molecular weight is 441 g/mol. The van der Waals surface area contributed by atoms with Crippen LogP contribution in [-0.2, 0) is 14.8 Å². The largest absolute Gasteiger partial charge is 0.299 e. The maximum Gasteiger partial charge on any atom is 0.249 e. The Morgan fingerprint density at radius 2 is 1.88 bits per heavy atom. The van der Waals surface area contributed by atoms with Gasteiger partial charge in [-0.3, -0.25) is 14.4 Å². The number of thioether (sulfide) groups is 1. The zero-order valence-electron chi connectivity index (χ0n) is 13.4. The van der Waals surface area contributed by atoms with Gasteiger partial charge in [0, 0.05) is 10.0 Å². The van der Waals surface area contributed by atoms with Crippen molar-refractivity contribution in [3.05, 3.63) is 28.2 Å². The first-order chi connectivity index (χ1) is 11.6. The van der Waals surface area contributed by atoms with Crippen LogP contribution in [0.15, 0.2) is 22.5 Å². The number of carbonyl (C=O) groups excluding carboxylic acids is 1. The summed E-state index contributed by atoms with van der Waals surface area (Å²) in [6.07, 6.45) is 2.84. The second kappa shape index (κ2) is 8.09. The summed E-state index contributed by atoms with van der Waals surface area (Å²) >= 11 is 14.5. The van der Waals surface area contributed by atoms with Crippen LogP contribution in [-0.4, -0.2) is 43.1 Å². The first-order valence-electron chi connectivity index (χ1n) is 6.75. The molecule has 0 saturated carbocycles. The van der Waals surface area contributed by atoms with Gasteiger partial charge in [0.25, 0.3) is 0 Å². The summed E-state index contributed by atoms with van der Waals surface area (Å²) in [4.78, 5) is 12.5. The molecule has 1 aromatic heterocycles. The van der Waals surface area contributed by atoms with E-state index in [1.54, 1.807) is 0 Å². The van der Waals surface area contributed by atoms with Crippen LogP contribution < -0.4 is 9.62 Å². The predicted octanol–water partition coefficient (Wildman–Crippen LogP) is 3.36. The third-order valence-electron chi connectivity index (χ3n) is 3.00. The van der Waals surface area contributed by atoms with Gasteiger partial charge in [-0.1, -0.05) is 46.3 Å². The van der Waals surface area contributed by atoms with Crippen LogP contribution in [0.2, 0.25) is 10.0 Å². The molecule has 7 nitrogen and oxygen atoms in total. The molecule has 136 valence electrons. The van der Waals surface area contributed by atoms with E-state index in [-0.39, 0.29) is 15.7 Å². The molecule has 12 heteroatoms. The number of aromatic nitrogens is 2. The summed E-state index contributed by atoms with van der Waals surface area (Å²) < 4.78 is 26.1. The van der Waals surface area contributed by atoms with Crippen molar-refractivity contribution in [1.82, 2.24) is 10.2 Å². The van der Waals surface area contributed by atoms with Gasteiger partial charge >= 0.3 is 0 Å². The van der Waals surface area contributed by atoms with E-state index in [0.29, 0.717) is 9.47 Å². The smallest absolute Gasteiger partial charge is 0.249 e. The number of halogens is 2. The van der Waals surface area contributed by atoms with Crippen molar-refractivity contribution in [2.75, 3.05) is 22.1 Å². The number of hydrogen-bond acceptors (Lipinski definition) is 7. The summed E-state index contributed by atoms with van der Waals surface area (Å²) in [6, 6.07) is 3.28. The number of hydrogen-bond donors (Lipinski definition) is 1. The molecular formula is C13H14Cl2N4O3S3. The van der Waals surface area contributed by atoms with Gasteiger partial charge in [0.2, 0.25) is 21.1 Å². The van der Waals surface area contributed by atoms with Crippen molar-refractivity contribution >= 4 is 73.0 Å². The Balaban J connectivity index is 2.32. The lowest BCUT2D eigenvalue weighted by molar-refractivity contribution is -0.116. The maximum atomic E-state index is 12.5. The number of sulfonamides is 1. The van der Waals surface area contributed by atoms with Gasteiger partial charge in [-0.15, -0.1) is 10.2 Å². The zero-order chi connectivity index (χ0) is 18.8. The van der Waals surface area contributed by atoms with Crippen LogP contribution >= 0.6 is 46.3 Å². The third kappa shape index (κ3) is 5.20. The molecule has 1 atom stereocenters. The molecule has 25 heavy (non-hydrogen) atoms. The molecule has 1 aromatic carbocycles. The Hall–Kier alpha value is -1.07. The molecule has 0 fully saturated rings. The predicted molar refractivity (Wildman–Crippen MR) is 104 cm³/mol. The third-order valence-corrected chi connectivity index (χ3v) is 6.49. The summed E-state index contributed by atoms with van der Waals surface area (Å²) in [5.41, 5.74) is 0.199. The minimum atomic E-state index is -3.77. The molecule has 0 aliphatic rings. The first-order valence-corrected chi connectivity index (χ1v) is 11.4. The molecule has 0 saturated heterocycles. The number of amides is 1. The molecular weight excluding hydrogens is 427 g/mol. The molecule has 1 N–H and O–H groups in total. The van der Waals surface area contributed by atoms with Crippen LogP contribution in [0.5, 0.6) is 0 Å². The van der Waals surface area contributed by atoms with Gasteiger partial charge < -0.3 is 0 Å².